The molecule has 1 fully saturated rings. The molecule has 4 rings (SSSR count). The summed E-state index contributed by atoms with van der Waals surface area (Å²) >= 11 is 1.29. The number of hydrogen-bond donors (Lipinski definition) is 1. The lowest BCUT2D eigenvalue weighted by Crippen LogP contribution is -2.25. The normalized spacial score (nSPS) is 14.5. The third-order valence-electron chi connectivity index (χ3n) is 5.75. The summed E-state index contributed by atoms with van der Waals surface area (Å²) in [4.78, 5) is 32.6. The minimum atomic E-state index is -0.116. The molecule has 0 bridgehead atoms. The van der Waals surface area contributed by atoms with Gasteiger partial charge in [0, 0.05) is 30.5 Å². The van der Waals surface area contributed by atoms with E-state index in [0.29, 0.717) is 16.1 Å². The fraction of sp³-hybridized carbons (Fsp3) is 0.400. The van der Waals surface area contributed by atoms with E-state index in [4.69, 9.17) is 0 Å². The summed E-state index contributed by atoms with van der Waals surface area (Å²) in [6, 6.07) is 15.4. The number of hydrogen-bond acceptors (Lipinski definition) is 5. The number of benzene rings is 2. The number of para-hydroxylation sites is 1. The Morgan fingerprint density at radius 2 is 1.72 bits per heavy atom. The maximum absolute atomic E-state index is 12.9. The van der Waals surface area contributed by atoms with E-state index in [1.807, 2.05) is 44.2 Å². The Morgan fingerprint density at radius 3 is 2.41 bits per heavy atom. The maximum atomic E-state index is 12.9. The van der Waals surface area contributed by atoms with E-state index in [-0.39, 0.29) is 23.3 Å². The fourth-order valence-corrected chi connectivity index (χ4v) is 5.02. The van der Waals surface area contributed by atoms with E-state index in [0.717, 1.165) is 18.8 Å². The molecule has 168 valence electrons. The average Bonchev–Trinajstić information content (AvgIpc) is 3.08. The van der Waals surface area contributed by atoms with Gasteiger partial charge in [-0.1, -0.05) is 36.7 Å². The van der Waals surface area contributed by atoms with Crippen LogP contribution in [0.25, 0.3) is 10.9 Å². The van der Waals surface area contributed by atoms with Crippen molar-refractivity contribution in [3.63, 3.8) is 0 Å². The van der Waals surface area contributed by atoms with Crippen LogP contribution < -0.4 is 15.8 Å². The molecule has 1 aromatic heterocycles. The smallest absolute Gasteiger partial charge is 0.262 e. The zero-order valence-electron chi connectivity index (χ0n) is 18.7. The molecule has 2 heterocycles. The first-order valence-corrected chi connectivity index (χ1v) is 12.3. The predicted molar refractivity (Wildman–Crippen MR) is 133 cm³/mol. The van der Waals surface area contributed by atoms with Crippen molar-refractivity contribution in [1.29, 1.82) is 0 Å². The number of carbonyl (C=O) groups excluding carboxylic acids is 1. The highest BCUT2D eigenvalue weighted by Gasteiger charge is 2.15. The molecular formula is C25H30N4O2S. The Morgan fingerprint density at radius 1 is 1.03 bits per heavy atom. The molecule has 0 saturated carbocycles. The summed E-state index contributed by atoms with van der Waals surface area (Å²) in [5, 5.41) is 4.12. The zero-order valence-corrected chi connectivity index (χ0v) is 19.5. The van der Waals surface area contributed by atoms with Gasteiger partial charge in [0.25, 0.3) is 5.56 Å². The van der Waals surface area contributed by atoms with Gasteiger partial charge < -0.3 is 10.2 Å². The second-order valence-corrected chi connectivity index (χ2v) is 9.41. The molecule has 1 N–H and O–H groups in total. The number of fused-ring (bicyclic) bond motifs is 1. The number of thioether (sulfide) groups is 1. The topological polar surface area (TPSA) is 67.2 Å². The average molecular weight is 451 g/mol. The molecule has 1 saturated heterocycles. The molecule has 0 unspecified atom stereocenters. The van der Waals surface area contributed by atoms with E-state index in [1.54, 1.807) is 10.6 Å². The Bertz CT molecular complexity index is 1130. The molecule has 1 aliphatic rings. The first kappa shape index (κ1) is 22.4. The van der Waals surface area contributed by atoms with Crippen molar-refractivity contribution in [3.8, 4) is 0 Å². The number of amides is 1. The number of nitrogens with one attached hydrogen (secondary N) is 1. The second-order valence-electron chi connectivity index (χ2n) is 8.47. The molecule has 6 nitrogen and oxygen atoms in total. The van der Waals surface area contributed by atoms with Crippen LogP contribution in [-0.4, -0.2) is 34.3 Å². The lowest BCUT2D eigenvalue weighted by molar-refractivity contribution is -0.113. The highest BCUT2D eigenvalue weighted by molar-refractivity contribution is 7.99. The molecule has 0 spiro atoms. The zero-order chi connectivity index (χ0) is 22.5. The van der Waals surface area contributed by atoms with Crippen molar-refractivity contribution < 1.29 is 4.79 Å². The summed E-state index contributed by atoms with van der Waals surface area (Å²) in [6.45, 7) is 6.10. The number of nitrogens with zero attached hydrogens (tertiary/aromatic N) is 3. The van der Waals surface area contributed by atoms with Crippen LogP contribution in [0.1, 0.15) is 45.6 Å². The van der Waals surface area contributed by atoms with Crippen LogP contribution in [0.3, 0.4) is 0 Å². The van der Waals surface area contributed by atoms with Crippen LogP contribution in [-0.2, 0) is 4.79 Å². The quantitative estimate of drug-likeness (QED) is 0.419. The monoisotopic (exact) mass is 450 g/mol. The second kappa shape index (κ2) is 10.2. The van der Waals surface area contributed by atoms with Gasteiger partial charge in [0.1, 0.15) is 0 Å². The SMILES string of the molecule is CC(C)n1c(SCC(=O)Nc2ccc(N3CCCCCC3)cc2)nc2ccccc2c1=O. The molecule has 7 heteroatoms. The highest BCUT2D eigenvalue weighted by atomic mass is 32.2. The van der Waals surface area contributed by atoms with Crippen LogP contribution in [0.2, 0.25) is 0 Å². The van der Waals surface area contributed by atoms with E-state index < -0.39 is 0 Å². The van der Waals surface area contributed by atoms with Crippen LogP contribution in [0.5, 0.6) is 0 Å². The first-order valence-electron chi connectivity index (χ1n) is 11.3. The molecule has 0 radical (unpaired) electrons. The molecular weight excluding hydrogens is 420 g/mol. The Balaban J connectivity index is 1.42. The number of rotatable bonds is 6. The van der Waals surface area contributed by atoms with Gasteiger partial charge in [-0.25, -0.2) is 4.98 Å². The number of anilines is 2. The number of aromatic nitrogens is 2. The van der Waals surface area contributed by atoms with Crippen molar-refractivity contribution in [1.82, 2.24) is 9.55 Å². The lowest BCUT2D eigenvalue weighted by Gasteiger charge is -2.22. The maximum Gasteiger partial charge on any atom is 0.262 e. The fourth-order valence-electron chi connectivity index (χ4n) is 4.09. The largest absolute Gasteiger partial charge is 0.372 e. The Hall–Kier alpha value is -2.80. The van der Waals surface area contributed by atoms with Crippen molar-refractivity contribution in [2.45, 2.75) is 50.7 Å². The molecule has 3 aromatic rings. The Labute approximate surface area is 193 Å². The van der Waals surface area contributed by atoms with Gasteiger partial charge in [0.05, 0.1) is 16.7 Å². The van der Waals surface area contributed by atoms with Crippen molar-refractivity contribution in [3.05, 3.63) is 58.9 Å². The van der Waals surface area contributed by atoms with E-state index in [2.05, 4.69) is 27.3 Å². The first-order chi connectivity index (χ1) is 15.5. The van der Waals surface area contributed by atoms with Gasteiger partial charge in [-0.05, 0) is 63.1 Å². The molecule has 0 aliphatic carbocycles. The third kappa shape index (κ3) is 5.15. The van der Waals surface area contributed by atoms with Gasteiger partial charge in [-0.15, -0.1) is 0 Å². The van der Waals surface area contributed by atoms with Crippen molar-refractivity contribution in [2.75, 3.05) is 29.1 Å². The molecule has 0 atom stereocenters. The van der Waals surface area contributed by atoms with Crippen molar-refractivity contribution in [2.24, 2.45) is 0 Å². The van der Waals surface area contributed by atoms with Crippen molar-refractivity contribution >= 4 is 39.9 Å². The standard InChI is InChI=1S/C25H30N4O2S/c1-18(2)29-24(31)21-9-5-6-10-22(21)27-25(29)32-17-23(30)26-19-11-13-20(14-12-19)28-15-7-3-4-8-16-28/h5-6,9-14,18H,3-4,7-8,15-17H2,1-2H3,(H,26,30). The summed E-state index contributed by atoms with van der Waals surface area (Å²) in [7, 11) is 0. The molecule has 32 heavy (non-hydrogen) atoms. The summed E-state index contributed by atoms with van der Waals surface area (Å²) in [5.41, 5.74) is 2.57. The van der Waals surface area contributed by atoms with Crippen LogP contribution in [0, 0.1) is 0 Å². The van der Waals surface area contributed by atoms with Gasteiger partial charge in [-0.3, -0.25) is 14.2 Å². The lowest BCUT2D eigenvalue weighted by atomic mass is 10.2. The van der Waals surface area contributed by atoms with Crippen LogP contribution in [0.15, 0.2) is 58.5 Å². The van der Waals surface area contributed by atoms with Crippen LogP contribution >= 0.6 is 11.8 Å². The molecule has 1 amide bonds. The molecule has 1 aliphatic heterocycles. The third-order valence-corrected chi connectivity index (χ3v) is 6.70. The number of carbonyl (C=O) groups is 1. The summed E-state index contributed by atoms with van der Waals surface area (Å²) < 4.78 is 1.66. The minimum Gasteiger partial charge on any atom is -0.372 e. The minimum absolute atomic E-state index is 0.0447. The van der Waals surface area contributed by atoms with Crippen LogP contribution in [0.4, 0.5) is 11.4 Å². The predicted octanol–water partition coefficient (Wildman–Crippen LogP) is 5.09. The van der Waals surface area contributed by atoms with E-state index >= 15 is 0 Å². The van der Waals surface area contributed by atoms with E-state index in [1.165, 1.54) is 43.1 Å². The van der Waals surface area contributed by atoms with Gasteiger partial charge in [0.15, 0.2) is 5.16 Å². The summed E-state index contributed by atoms with van der Waals surface area (Å²) in [5.74, 6) is 0.0704. The highest BCUT2D eigenvalue weighted by Crippen LogP contribution is 2.23. The van der Waals surface area contributed by atoms with E-state index in [9.17, 15) is 9.59 Å². The van der Waals surface area contributed by atoms with Gasteiger partial charge >= 0.3 is 0 Å². The Kier molecular flexibility index (Phi) is 7.15. The van der Waals surface area contributed by atoms with Gasteiger partial charge in [0.2, 0.25) is 5.91 Å². The summed E-state index contributed by atoms with van der Waals surface area (Å²) in [6.07, 6.45) is 5.08. The van der Waals surface area contributed by atoms with Gasteiger partial charge in [-0.2, -0.15) is 0 Å². The molecule has 2 aromatic carbocycles.